The van der Waals surface area contributed by atoms with Crippen LogP contribution in [0.3, 0.4) is 0 Å². The second-order valence-electron chi connectivity index (χ2n) is 5.74. The Kier molecular flexibility index (Phi) is 8.86. The molecule has 0 saturated carbocycles. The number of benzene rings is 2. The van der Waals surface area contributed by atoms with Crippen LogP contribution < -0.4 is 19.3 Å². The van der Waals surface area contributed by atoms with Crippen LogP contribution in [0.2, 0.25) is 5.02 Å². The summed E-state index contributed by atoms with van der Waals surface area (Å²) in [5.41, 5.74) is 0.752. The van der Waals surface area contributed by atoms with Crippen LogP contribution in [0.4, 0.5) is 5.69 Å². The quantitative estimate of drug-likeness (QED) is 0.410. The normalized spacial score (nSPS) is 11.4. The first-order valence-corrected chi connectivity index (χ1v) is 12.5. The van der Waals surface area contributed by atoms with Crippen LogP contribution >= 0.6 is 21.8 Å². The average molecular weight is 519 g/mol. The van der Waals surface area contributed by atoms with E-state index < -0.39 is 43.4 Å². The Bertz CT molecular complexity index is 956. The molecule has 160 valence electrons. The van der Waals surface area contributed by atoms with Gasteiger partial charge in [0.25, 0.3) is 0 Å². The first kappa shape index (κ1) is 23.9. The molecule has 0 aliphatic carbocycles. The maximum atomic E-state index is 12.9. The molecular formula is C19H18ClNO7SSe. The molecule has 0 bridgehead atoms. The average Bonchev–Trinajstić information content (AvgIpc) is 2.70. The molecule has 8 nitrogen and oxygen atoms in total. The van der Waals surface area contributed by atoms with Crippen molar-refractivity contribution >= 4 is 63.6 Å². The van der Waals surface area contributed by atoms with Gasteiger partial charge in [-0.1, -0.05) is 0 Å². The predicted molar refractivity (Wildman–Crippen MR) is 116 cm³/mol. The number of hydrogen-bond donors (Lipinski definition) is 3. The van der Waals surface area contributed by atoms with Crippen LogP contribution in [-0.4, -0.2) is 61.4 Å². The fourth-order valence-corrected chi connectivity index (χ4v) is 7.27. The predicted octanol–water partition coefficient (Wildman–Crippen LogP) is 2.52. The number of carboxylic acid groups (broad SMARTS) is 2. The van der Waals surface area contributed by atoms with Crippen LogP contribution in [-0.2, 0) is 9.59 Å². The van der Waals surface area contributed by atoms with Crippen molar-refractivity contribution in [3.8, 4) is 11.5 Å². The van der Waals surface area contributed by atoms with Crippen molar-refractivity contribution in [2.24, 2.45) is 0 Å². The number of carbonyl (C=O) groups is 3. The van der Waals surface area contributed by atoms with Crippen molar-refractivity contribution in [3.63, 3.8) is 0 Å². The van der Waals surface area contributed by atoms with E-state index in [-0.39, 0.29) is 0 Å². The minimum atomic E-state index is -1.22. The fraction of sp³-hybridized carbons (Fsp3) is 0.211. The number of halogens is 1. The number of rotatable bonds is 10. The molecule has 0 spiro atoms. The number of methoxy groups -OCH3 is 2. The summed E-state index contributed by atoms with van der Waals surface area (Å²) in [6.45, 7) is 0. The Hall–Kier alpha value is -2.39. The van der Waals surface area contributed by atoms with Crippen LogP contribution in [0.15, 0.2) is 36.4 Å². The summed E-state index contributed by atoms with van der Waals surface area (Å²) >= 11 is 5.49. The number of carbonyl (C=O) groups excluding carboxylic acids is 1. The van der Waals surface area contributed by atoms with E-state index in [9.17, 15) is 19.5 Å². The molecule has 2 aromatic rings. The summed E-state index contributed by atoms with van der Waals surface area (Å²) in [5.74, 6) is -1.98. The zero-order chi connectivity index (χ0) is 22.3. The Morgan fingerprint density at radius 2 is 1.83 bits per heavy atom. The SMILES string of the molecule is COc1ccc(NC(=O)c2cccc(OC)c2[Se]SC(CC(=O)O)C(=O)O)cc1Cl. The van der Waals surface area contributed by atoms with Gasteiger partial charge >= 0.3 is 187 Å². The fourth-order valence-electron chi connectivity index (χ4n) is 2.31. The molecular weight excluding hydrogens is 501 g/mol. The topological polar surface area (TPSA) is 122 Å². The summed E-state index contributed by atoms with van der Waals surface area (Å²) in [6, 6.07) is 9.69. The molecule has 0 aliphatic rings. The monoisotopic (exact) mass is 519 g/mol. The van der Waals surface area contributed by atoms with Gasteiger partial charge in [0.15, 0.2) is 0 Å². The van der Waals surface area contributed by atoms with Crippen LogP contribution in [0.25, 0.3) is 0 Å². The standard InChI is InChI=1S/C19H18ClNO7SSe/c1-27-13-7-6-10(8-12(13)20)21-18(24)11-4-3-5-14(28-2)17(11)30-29-15(19(25)26)9-16(22)23/h3-8,15H,9H2,1-2H3,(H,21,24)(H,22,23)(H,25,26). The third-order valence-corrected chi connectivity index (χ3v) is 8.90. The number of ether oxygens (including phenoxy) is 2. The number of amides is 1. The zero-order valence-corrected chi connectivity index (χ0v) is 19.2. The van der Waals surface area contributed by atoms with E-state index in [4.69, 9.17) is 26.2 Å². The van der Waals surface area contributed by atoms with Gasteiger partial charge in [0.2, 0.25) is 0 Å². The molecule has 0 heterocycles. The van der Waals surface area contributed by atoms with Gasteiger partial charge in [-0.25, -0.2) is 0 Å². The van der Waals surface area contributed by atoms with Gasteiger partial charge in [-0.3, -0.25) is 0 Å². The molecule has 0 radical (unpaired) electrons. The Morgan fingerprint density at radius 1 is 1.13 bits per heavy atom. The van der Waals surface area contributed by atoms with Gasteiger partial charge in [-0.05, 0) is 0 Å². The summed E-state index contributed by atoms with van der Waals surface area (Å²) in [4.78, 5) is 35.1. The van der Waals surface area contributed by atoms with Gasteiger partial charge in [0.05, 0.1) is 0 Å². The van der Waals surface area contributed by atoms with Crippen molar-refractivity contribution in [1.29, 1.82) is 0 Å². The third-order valence-electron chi connectivity index (χ3n) is 3.74. The Morgan fingerprint density at radius 3 is 2.40 bits per heavy atom. The molecule has 3 N–H and O–H groups in total. The third kappa shape index (κ3) is 6.30. The van der Waals surface area contributed by atoms with E-state index in [0.29, 0.717) is 32.2 Å². The molecule has 1 amide bonds. The van der Waals surface area contributed by atoms with Crippen LogP contribution in [0, 0.1) is 0 Å². The first-order chi connectivity index (χ1) is 14.3. The maximum absolute atomic E-state index is 12.9. The van der Waals surface area contributed by atoms with Crippen molar-refractivity contribution in [2.45, 2.75) is 11.7 Å². The van der Waals surface area contributed by atoms with E-state index >= 15 is 0 Å². The second kappa shape index (κ2) is 11.1. The molecule has 0 fully saturated rings. The van der Waals surface area contributed by atoms with Gasteiger partial charge in [-0.15, -0.1) is 0 Å². The second-order valence-corrected chi connectivity index (χ2v) is 10.2. The number of aliphatic carboxylic acids is 2. The Labute approximate surface area is 187 Å². The van der Waals surface area contributed by atoms with Gasteiger partial charge in [0, 0.05) is 0 Å². The van der Waals surface area contributed by atoms with Crippen LogP contribution in [0.5, 0.6) is 11.5 Å². The van der Waals surface area contributed by atoms with E-state index in [2.05, 4.69) is 5.32 Å². The van der Waals surface area contributed by atoms with Gasteiger partial charge in [0.1, 0.15) is 0 Å². The molecule has 0 saturated heterocycles. The molecule has 1 unspecified atom stereocenters. The van der Waals surface area contributed by atoms with Crippen molar-refractivity contribution in [2.75, 3.05) is 19.5 Å². The first-order valence-electron chi connectivity index (χ1n) is 8.36. The molecule has 30 heavy (non-hydrogen) atoms. The minimum absolute atomic E-state index is 0.299. The molecule has 2 aromatic carbocycles. The molecule has 11 heteroatoms. The molecule has 0 aliphatic heterocycles. The van der Waals surface area contributed by atoms with Crippen molar-refractivity contribution in [1.82, 2.24) is 0 Å². The van der Waals surface area contributed by atoms with E-state index in [0.717, 1.165) is 10.2 Å². The molecule has 0 aromatic heterocycles. The number of hydrogen-bond acceptors (Lipinski definition) is 6. The van der Waals surface area contributed by atoms with Crippen molar-refractivity contribution < 1.29 is 34.1 Å². The Balaban J connectivity index is 2.27. The number of nitrogens with one attached hydrogen (secondary N) is 1. The van der Waals surface area contributed by atoms with Crippen molar-refractivity contribution in [3.05, 3.63) is 47.0 Å². The molecule has 1 atom stereocenters. The van der Waals surface area contributed by atoms with E-state index in [1.807, 2.05) is 0 Å². The van der Waals surface area contributed by atoms with Crippen LogP contribution in [0.1, 0.15) is 16.8 Å². The van der Waals surface area contributed by atoms with Gasteiger partial charge < -0.3 is 0 Å². The summed E-state index contributed by atoms with van der Waals surface area (Å²) < 4.78 is 10.9. The van der Waals surface area contributed by atoms with E-state index in [1.165, 1.54) is 14.2 Å². The van der Waals surface area contributed by atoms with Gasteiger partial charge in [-0.2, -0.15) is 0 Å². The van der Waals surface area contributed by atoms with E-state index in [1.54, 1.807) is 36.4 Å². The summed E-state index contributed by atoms with van der Waals surface area (Å²) in [7, 11) is 3.89. The number of carboxylic acids is 2. The molecule has 2 rings (SSSR count). The zero-order valence-electron chi connectivity index (χ0n) is 15.9. The summed E-state index contributed by atoms with van der Waals surface area (Å²) in [6.07, 6.45) is -0.525. The summed E-state index contributed by atoms with van der Waals surface area (Å²) in [5, 5.41) is 20.1. The number of anilines is 1.